The molecule has 148 valence electrons. The molecule has 2 aromatic carbocycles. The third-order valence-electron chi connectivity index (χ3n) is 4.91. The number of piperazine rings is 1. The highest BCUT2D eigenvalue weighted by molar-refractivity contribution is 9.10. The predicted molar refractivity (Wildman–Crippen MR) is 114 cm³/mol. The molecule has 5 nitrogen and oxygen atoms in total. The molecule has 0 bridgehead atoms. The summed E-state index contributed by atoms with van der Waals surface area (Å²) in [4.78, 5) is 25.8. The number of amides is 1. The van der Waals surface area contributed by atoms with Crippen molar-refractivity contribution in [1.82, 2.24) is 14.9 Å². The lowest BCUT2D eigenvalue weighted by molar-refractivity contribution is 0.0746. The minimum Gasteiger partial charge on any atom is -0.353 e. The van der Waals surface area contributed by atoms with Crippen LogP contribution in [-0.2, 0) is 0 Å². The minimum absolute atomic E-state index is 0.0384. The topological polar surface area (TPSA) is 49.3 Å². The van der Waals surface area contributed by atoms with E-state index in [4.69, 9.17) is 0 Å². The zero-order chi connectivity index (χ0) is 20.4. The Hall–Kier alpha value is -2.80. The summed E-state index contributed by atoms with van der Waals surface area (Å²) in [7, 11) is 0. The summed E-state index contributed by atoms with van der Waals surface area (Å²) in [6, 6.07) is 15.6. The van der Waals surface area contributed by atoms with E-state index >= 15 is 0 Å². The quantitative estimate of drug-likeness (QED) is 0.591. The largest absolute Gasteiger partial charge is 0.353 e. The first-order valence-corrected chi connectivity index (χ1v) is 10.2. The standard InChI is InChI=1S/C22H20BrFN4O/c1-15-13-20(26-21(25-15)17-3-2-4-19(24)14-17)27-9-11-28(12-10-27)22(29)16-5-7-18(23)8-6-16/h2-8,13-14H,9-12H2,1H3. The van der Waals surface area contributed by atoms with Gasteiger partial charge in [-0.15, -0.1) is 0 Å². The van der Waals surface area contributed by atoms with Crippen LogP contribution < -0.4 is 4.90 Å². The lowest BCUT2D eigenvalue weighted by atomic mass is 10.2. The number of aromatic nitrogens is 2. The maximum atomic E-state index is 13.6. The van der Waals surface area contributed by atoms with Gasteiger partial charge >= 0.3 is 0 Å². The molecule has 1 aliphatic rings. The average Bonchev–Trinajstić information content (AvgIpc) is 2.73. The molecule has 1 saturated heterocycles. The van der Waals surface area contributed by atoms with E-state index in [9.17, 15) is 9.18 Å². The molecule has 1 aliphatic heterocycles. The fraction of sp³-hybridized carbons (Fsp3) is 0.227. The minimum atomic E-state index is -0.311. The molecule has 0 unspecified atom stereocenters. The third kappa shape index (κ3) is 4.45. The van der Waals surface area contributed by atoms with Crippen LogP contribution in [0.3, 0.4) is 0 Å². The maximum Gasteiger partial charge on any atom is 0.253 e. The van der Waals surface area contributed by atoms with Gasteiger partial charge in [-0.25, -0.2) is 14.4 Å². The third-order valence-corrected chi connectivity index (χ3v) is 5.43. The van der Waals surface area contributed by atoms with E-state index in [2.05, 4.69) is 30.8 Å². The summed E-state index contributed by atoms with van der Waals surface area (Å²) in [6.07, 6.45) is 0. The van der Waals surface area contributed by atoms with Gasteiger partial charge in [0.15, 0.2) is 5.82 Å². The second-order valence-electron chi connectivity index (χ2n) is 6.99. The number of nitrogens with zero attached hydrogens (tertiary/aromatic N) is 4. The molecule has 0 saturated carbocycles. The van der Waals surface area contributed by atoms with Crippen LogP contribution in [0.1, 0.15) is 16.1 Å². The van der Waals surface area contributed by atoms with Crippen molar-refractivity contribution >= 4 is 27.7 Å². The number of halogens is 2. The molecule has 1 aromatic heterocycles. The van der Waals surface area contributed by atoms with E-state index in [1.165, 1.54) is 12.1 Å². The van der Waals surface area contributed by atoms with Crippen molar-refractivity contribution in [2.45, 2.75) is 6.92 Å². The van der Waals surface area contributed by atoms with E-state index in [1.54, 1.807) is 12.1 Å². The van der Waals surface area contributed by atoms with Gasteiger partial charge in [0.05, 0.1) is 0 Å². The van der Waals surface area contributed by atoms with E-state index in [-0.39, 0.29) is 11.7 Å². The molecule has 29 heavy (non-hydrogen) atoms. The summed E-state index contributed by atoms with van der Waals surface area (Å²) >= 11 is 3.39. The molecular formula is C22H20BrFN4O. The zero-order valence-corrected chi connectivity index (χ0v) is 17.6. The summed E-state index contributed by atoms with van der Waals surface area (Å²) in [5, 5.41) is 0. The van der Waals surface area contributed by atoms with Crippen LogP contribution >= 0.6 is 15.9 Å². The van der Waals surface area contributed by atoms with Gasteiger partial charge in [0.1, 0.15) is 11.6 Å². The summed E-state index contributed by atoms with van der Waals surface area (Å²) in [6.45, 7) is 4.50. The first-order chi connectivity index (χ1) is 14.0. The molecule has 2 heterocycles. The van der Waals surface area contributed by atoms with Gasteiger partial charge in [0.25, 0.3) is 5.91 Å². The number of carbonyl (C=O) groups is 1. The smallest absolute Gasteiger partial charge is 0.253 e. The summed E-state index contributed by atoms with van der Waals surface area (Å²) in [5.74, 6) is 1.03. The number of rotatable bonds is 3. The van der Waals surface area contributed by atoms with Crippen molar-refractivity contribution in [3.8, 4) is 11.4 Å². The van der Waals surface area contributed by atoms with E-state index < -0.39 is 0 Å². The van der Waals surface area contributed by atoms with Crippen LogP contribution in [0.2, 0.25) is 0 Å². The van der Waals surface area contributed by atoms with Gasteiger partial charge in [-0.1, -0.05) is 28.1 Å². The van der Waals surface area contributed by atoms with E-state index in [0.29, 0.717) is 43.1 Å². The van der Waals surface area contributed by atoms with Gasteiger partial charge < -0.3 is 9.80 Å². The molecule has 4 rings (SSSR count). The number of aryl methyl sites for hydroxylation is 1. The average molecular weight is 455 g/mol. The summed E-state index contributed by atoms with van der Waals surface area (Å²) in [5.41, 5.74) is 2.16. The Bertz CT molecular complexity index is 1030. The Balaban J connectivity index is 1.48. The Kier molecular flexibility index (Phi) is 5.58. The molecule has 0 spiro atoms. The van der Waals surface area contributed by atoms with Crippen molar-refractivity contribution in [2.75, 3.05) is 31.1 Å². The van der Waals surface area contributed by atoms with Crippen LogP contribution in [0.4, 0.5) is 10.2 Å². The SMILES string of the molecule is Cc1cc(N2CCN(C(=O)c3ccc(Br)cc3)CC2)nc(-c2cccc(F)c2)n1. The molecular weight excluding hydrogens is 435 g/mol. The van der Waals surface area contributed by atoms with E-state index in [1.807, 2.05) is 42.2 Å². The van der Waals surface area contributed by atoms with Crippen LogP contribution in [0.5, 0.6) is 0 Å². The fourth-order valence-corrected chi connectivity index (χ4v) is 3.65. The van der Waals surface area contributed by atoms with E-state index in [0.717, 1.165) is 16.0 Å². The van der Waals surface area contributed by atoms with Crippen molar-refractivity contribution in [2.24, 2.45) is 0 Å². The number of anilines is 1. The lowest BCUT2D eigenvalue weighted by Crippen LogP contribution is -2.49. The molecule has 1 amide bonds. The van der Waals surface area contributed by atoms with Crippen molar-refractivity contribution in [3.05, 3.63) is 76.1 Å². The molecule has 1 fully saturated rings. The van der Waals surface area contributed by atoms with Gasteiger partial charge in [-0.3, -0.25) is 4.79 Å². The molecule has 0 atom stereocenters. The molecule has 0 N–H and O–H groups in total. The van der Waals surface area contributed by atoms with Crippen LogP contribution in [0, 0.1) is 12.7 Å². The Morgan fingerprint density at radius 2 is 1.72 bits per heavy atom. The molecule has 0 radical (unpaired) electrons. The van der Waals surface area contributed by atoms with Crippen LogP contribution in [-0.4, -0.2) is 47.0 Å². The number of hydrogen-bond acceptors (Lipinski definition) is 4. The highest BCUT2D eigenvalue weighted by Crippen LogP contribution is 2.22. The van der Waals surface area contributed by atoms with Gasteiger partial charge in [0, 0.05) is 53.5 Å². The Labute approximate surface area is 177 Å². The van der Waals surface area contributed by atoms with Gasteiger partial charge in [-0.05, 0) is 43.3 Å². The number of benzene rings is 2. The number of carbonyl (C=O) groups excluding carboxylic acids is 1. The molecule has 0 aliphatic carbocycles. The van der Waals surface area contributed by atoms with Gasteiger partial charge in [-0.2, -0.15) is 0 Å². The van der Waals surface area contributed by atoms with Crippen LogP contribution in [0.25, 0.3) is 11.4 Å². The zero-order valence-electron chi connectivity index (χ0n) is 16.0. The summed E-state index contributed by atoms with van der Waals surface area (Å²) < 4.78 is 14.5. The molecule has 3 aromatic rings. The van der Waals surface area contributed by atoms with Crippen LogP contribution in [0.15, 0.2) is 59.1 Å². The van der Waals surface area contributed by atoms with Crippen molar-refractivity contribution in [3.63, 3.8) is 0 Å². The fourth-order valence-electron chi connectivity index (χ4n) is 3.38. The Morgan fingerprint density at radius 1 is 1.00 bits per heavy atom. The normalized spacial score (nSPS) is 14.2. The number of hydrogen-bond donors (Lipinski definition) is 0. The monoisotopic (exact) mass is 454 g/mol. The second kappa shape index (κ2) is 8.29. The first-order valence-electron chi connectivity index (χ1n) is 9.41. The van der Waals surface area contributed by atoms with Gasteiger partial charge in [0.2, 0.25) is 0 Å². The van der Waals surface area contributed by atoms with Crippen molar-refractivity contribution in [1.29, 1.82) is 0 Å². The Morgan fingerprint density at radius 3 is 2.41 bits per heavy atom. The predicted octanol–water partition coefficient (Wildman–Crippen LogP) is 4.32. The lowest BCUT2D eigenvalue weighted by Gasteiger charge is -2.35. The highest BCUT2D eigenvalue weighted by atomic mass is 79.9. The van der Waals surface area contributed by atoms with Crippen molar-refractivity contribution < 1.29 is 9.18 Å². The second-order valence-corrected chi connectivity index (χ2v) is 7.90. The maximum absolute atomic E-state index is 13.6. The highest BCUT2D eigenvalue weighted by Gasteiger charge is 2.23. The first kappa shape index (κ1) is 19.5. The molecule has 7 heteroatoms.